The normalized spacial score (nSPS) is 11.4. The van der Waals surface area contributed by atoms with Crippen LogP contribution in [0.1, 0.15) is 18.1 Å². The van der Waals surface area contributed by atoms with E-state index in [1.54, 1.807) is 6.92 Å². The molecule has 0 bridgehead atoms. The molecule has 126 valence electrons. The van der Waals surface area contributed by atoms with E-state index in [0.29, 0.717) is 18.0 Å². The molecule has 0 saturated heterocycles. The maximum atomic E-state index is 11.8. The van der Waals surface area contributed by atoms with Crippen LogP contribution in [-0.4, -0.2) is 18.0 Å². The molecule has 0 heterocycles. The minimum absolute atomic E-state index is 0.417. The fourth-order valence-electron chi connectivity index (χ4n) is 2.13. The molecule has 6 nitrogen and oxygen atoms in total. The predicted octanol–water partition coefficient (Wildman–Crippen LogP) is 2.57. The zero-order valence-electron chi connectivity index (χ0n) is 13.7. The van der Waals surface area contributed by atoms with Crippen LogP contribution >= 0.6 is 0 Å². The largest absolute Gasteiger partial charge is 0.487 e. The molecule has 1 atom stereocenters. The molecule has 0 saturated carbocycles. The highest BCUT2D eigenvalue weighted by molar-refractivity contribution is 5.97. The number of amides is 3. The van der Waals surface area contributed by atoms with Crippen LogP contribution in [0.4, 0.5) is 10.5 Å². The molecule has 4 N–H and O–H groups in total. The molecule has 2 rings (SSSR count). The van der Waals surface area contributed by atoms with Gasteiger partial charge in [0, 0.05) is 0 Å². The van der Waals surface area contributed by atoms with Crippen molar-refractivity contribution in [1.82, 2.24) is 5.32 Å². The number of hydrogen-bond acceptors (Lipinski definition) is 4. The van der Waals surface area contributed by atoms with Gasteiger partial charge in [0.2, 0.25) is 5.91 Å². The standard InChI is InChI=1S/C18H21N3O3/c1-12-8-9-15(20-13(2)17(22)21-18(19)23)16(10-12)24-11-14-6-4-3-5-7-14/h3-10,13,20H,11H2,1-2H3,(H3,19,21,22,23)/t13-/m1/s1. The van der Waals surface area contributed by atoms with Crippen LogP contribution < -0.4 is 21.1 Å². The average molecular weight is 327 g/mol. The van der Waals surface area contributed by atoms with E-state index >= 15 is 0 Å². The maximum Gasteiger partial charge on any atom is 0.318 e. The molecule has 2 aromatic rings. The monoisotopic (exact) mass is 327 g/mol. The van der Waals surface area contributed by atoms with Crippen molar-refractivity contribution in [2.75, 3.05) is 5.32 Å². The van der Waals surface area contributed by atoms with Gasteiger partial charge < -0.3 is 15.8 Å². The van der Waals surface area contributed by atoms with E-state index in [9.17, 15) is 9.59 Å². The maximum absolute atomic E-state index is 11.8. The van der Waals surface area contributed by atoms with Gasteiger partial charge in [-0.05, 0) is 37.1 Å². The van der Waals surface area contributed by atoms with Gasteiger partial charge in [0.05, 0.1) is 5.69 Å². The summed E-state index contributed by atoms with van der Waals surface area (Å²) in [5.74, 6) is 0.134. The van der Waals surface area contributed by atoms with Gasteiger partial charge in [-0.1, -0.05) is 36.4 Å². The molecule has 24 heavy (non-hydrogen) atoms. The summed E-state index contributed by atoms with van der Waals surface area (Å²) < 4.78 is 5.88. The highest BCUT2D eigenvalue weighted by Gasteiger charge is 2.16. The zero-order valence-corrected chi connectivity index (χ0v) is 13.7. The highest BCUT2D eigenvalue weighted by Crippen LogP contribution is 2.27. The molecule has 0 aliphatic carbocycles. The number of carbonyl (C=O) groups is 2. The first-order chi connectivity index (χ1) is 11.5. The topological polar surface area (TPSA) is 93.5 Å². The molecule has 3 amide bonds. The Labute approximate surface area is 141 Å². The molecule has 2 aromatic carbocycles. The van der Waals surface area contributed by atoms with Gasteiger partial charge >= 0.3 is 6.03 Å². The number of carbonyl (C=O) groups excluding carboxylic acids is 2. The Morgan fingerprint density at radius 2 is 1.88 bits per heavy atom. The molecule has 6 heteroatoms. The van der Waals surface area contributed by atoms with Gasteiger partial charge in [-0.2, -0.15) is 0 Å². The first-order valence-corrected chi connectivity index (χ1v) is 7.60. The summed E-state index contributed by atoms with van der Waals surface area (Å²) >= 11 is 0. The SMILES string of the molecule is Cc1ccc(N[C@H](C)C(=O)NC(N)=O)c(OCc2ccccc2)c1. The molecule has 0 aliphatic heterocycles. The molecule has 0 radical (unpaired) electrons. The van der Waals surface area contributed by atoms with Gasteiger partial charge in [-0.15, -0.1) is 0 Å². The predicted molar refractivity (Wildman–Crippen MR) is 92.8 cm³/mol. The van der Waals surface area contributed by atoms with Crippen LogP contribution in [0.25, 0.3) is 0 Å². The van der Waals surface area contributed by atoms with Gasteiger partial charge in [-0.3, -0.25) is 10.1 Å². The lowest BCUT2D eigenvalue weighted by molar-refractivity contribution is -0.120. The van der Waals surface area contributed by atoms with Gasteiger partial charge in [0.25, 0.3) is 0 Å². The second-order valence-electron chi connectivity index (χ2n) is 5.49. The van der Waals surface area contributed by atoms with E-state index in [1.165, 1.54) is 0 Å². The Balaban J connectivity index is 2.09. The number of ether oxygens (including phenoxy) is 1. The van der Waals surface area contributed by atoms with E-state index in [4.69, 9.17) is 10.5 Å². The molecule has 0 spiro atoms. The second-order valence-corrected chi connectivity index (χ2v) is 5.49. The van der Waals surface area contributed by atoms with Gasteiger partial charge in [0.15, 0.2) is 0 Å². The minimum Gasteiger partial charge on any atom is -0.487 e. The summed E-state index contributed by atoms with van der Waals surface area (Å²) in [7, 11) is 0. The van der Waals surface area contributed by atoms with Crippen LogP contribution in [0.15, 0.2) is 48.5 Å². The number of aryl methyl sites for hydroxylation is 1. The summed E-state index contributed by atoms with van der Waals surface area (Å²) in [6, 6.07) is 13.9. The van der Waals surface area contributed by atoms with Crippen LogP contribution in [-0.2, 0) is 11.4 Å². The van der Waals surface area contributed by atoms with Crippen LogP contribution in [0.2, 0.25) is 0 Å². The molecular formula is C18H21N3O3. The van der Waals surface area contributed by atoms with Crippen molar-refractivity contribution in [2.45, 2.75) is 26.5 Å². The zero-order chi connectivity index (χ0) is 17.5. The van der Waals surface area contributed by atoms with E-state index in [0.717, 1.165) is 11.1 Å². The van der Waals surface area contributed by atoms with E-state index in [-0.39, 0.29) is 0 Å². The summed E-state index contributed by atoms with van der Waals surface area (Å²) in [6.45, 7) is 4.02. The Morgan fingerprint density at radius 3 is 2.54 bits per heavy atom. The minimum atomic E-state index is -0.877. The lowest BCUT2D eigenvalue weighted by Crippen LogP contribution is -2.43. The van der Waals surface area contributed by atoms with Gasteiger partial charge in [-0.25, -0.2) is 4.79 Å². The summed E-state index contributed by atoms with van der Waals surface area (Å²) in [6.07, 6.45) is 0. The molecule has 0 unspecified atom stereocenters. The van der Waals surface area contributed by atoms with E-state index < -0.39 is 18.0 Å². The smallest absolute Gasteiger partial charge is 0.318 e. The number of anilines is 1. The van der Waals surface area contributed by atoms with E-state index in [2.05, 4.69) is 5.32 Å². The quantitative estimate of drug-likeness (QED) is 0.760. The van der Waals surface area contributed by atoms with Crippen molar-refractivity contribution in [3.63, 3.8) is 0 Å². The third-order valence-corrected chi connectivity index (χ3v) is 3.39. The van der Waals surface area contributed by atoms with Crippen molar-refractivity contribution >= 4 is 17.6 Å². The third kappa shape index (κ3) is 5.01. The van der Waals surface area contributed by atoms with Crippen molar-refractivity contribution in [1.29, 1.82) is 0 Å². The Bertz CT molecular complexity index is 717. The second kappa shape index (κ2) is 8.01. The number of nitrogens with two attached hydrogens (primary N) is 1. The molecular weight excluding hydrogens is 306 g/mol. The van der Waals surface area contributed by atoms with Crippen molar-refractivity contribution in [3.8, 4) is 5.75 Å². The molecule has 0 aromatic heterocycles. The summed E-state index contributed by atoms with van der Waals surface area (Å²) in [5.41, 5.74) is 7.72. The van der Waals surface area contributed by atoms with Gasteiger partial charge in [0.1, 0.15) is 18.4 Å². The number of hydrogen-bond donors (Lipinski definition) is 3. The highest BCUT2D eigenvalue weighted by atomic mass is 16.5. The Morgan fingerprint density at radius 1 is 1.17 bits per heavy atom. The van der Waals surface area contributed by atoms with Crippen LogP contribution in [0.3, 0.4) is 0 Å². The summed E-state index contributed by atoms with van der Waals surface area (Å²) in [4.78, 5) is 22.6. The first-order valence-electron chi connectivity index (χ1n) is 7.60. The fourth-order valence-corrected chi connectivity index (χ4v) is 2.13. The Kier molecular flexibility index (Phi) is 5.78. The number of urea groups is 1. The number of nitrogens with one attached hydrogen (secondary N) is 2. The lowest BCUT2D eigenvalue weighted by Gasteiger charge is -2.18. The fraction of sp³-hybridized carbons (Fsp3) is 0.222. The molecule has 0 aliphatic rings. The van der Waals surface area contributed by atoms with Crippen LogP contribution in [0, 0.1) is 6.92 Å². The number of imide groups is 1. The lowest BCUT2D eigenvalue weighted by atomic mass is 10.2. The van der Waals surface area contributed by atoms with Crippen LogP contribution in [0.5, 0.6) is 5.75 Å². The number of benzene rings is 2. The van der Waals surface area contributed by atoms with Crippen molar-refractivity contribution < 1.29 is 14.3 Å². The first kappa shape index (κ1) is 17.3. The Hall–Kier alpha value is -3.02. The average Bonchev–Trinajstić information content (AvgIpc) is 2.55. The van der Waals surface area contributed by atoms with Crippen molar-refractivity contribution in [3.05, 3.63) is 59.7 Å². The van der Waals surface area contributed by atoms with Crippen molar-refractivity contribution in [2.24, 2.45) is 5.73 Å². The number of primary amides is 1. The van der Waals surface area contributed by atoms with E-state index in [1.807, 2.05) is 60.8 Å². The number of rotatable bonds is 6. The third-order valence-electron chi connectivity index (χ3n) is 3.39. The molecule has 0 fully saturated rings. The summed E-state index contributed by atoms with van der Waals surface area (Å²) in [5, 5.41) is 5.08.